The summed E-state index contributed by atoms with van der Waals surface area (Å²) in [4.78, 5) is 15.0. The summed E-state index contributed by atoms with van der Waals surface area (Å²) < 4.78 is 47.1. The number of halogens is 1. The van der Waals surface area contributed by atoms with Gasteiger partial charge in [0.15, 0.2) is 0 Å². The number of ether oxygens (including phenoxy) is 1. The Labute approximate surface area is 185 Å². The van der Waals surface area contributed by atoms with E-state index in [2.05, 4.69) is 10.2 Å². The summed E-state index contributed by atoms with van der Waals surface area (Å²) in [5.74, 6) is -0.510. The van der Waals surface area contributed by atoms with Gasteiger partial charge in [-0.1, -0.05) is 6.42 Å². The molecule has 7 nitrogen and oxygen atoms in total. The second kappa shape index (κ2) is 9.83. The molecular weight excluding hydrogens is 421 g/mol. The third-order valence-electron chi connectivity index (χ3n) is 5.97. The fourth-order valence-electron chi connectivity index (χ4n) is 4.35. The first-order chi connectivity index (χ1) is 14.6. The number of likely N-dealkylation sites (tertiary alicyclic amines) is 1. The van der Waals surface area contributed by atoms with E-state index in [1.807, 2.05) is 13.8 Å². The molecule has 1 unspecified atom stereocenters. The number of rotatable bonds is 8. The molecule has 1 fully saturated rings. The van der Waals surface area contributed by atoms with Crippen LogP contribution in [0.4, 0.5) is 4.39 Å². The molecule has 1 aromatic rings. The van der Waals surface area contributed by atoms with Gasteiger partial charge in [0.2, 0.25) is 15.9 Å². The molecule has 0 saturated carbocycles. The largest absolute Gasteiger partial charge is 0.487 e. The lowest BCUT2D eigenvalue weighted by molar-refractivity contribution is -0.122. The van der Waals surface area contributed by atoms with Crippen LogP contribution in [0, 0.1) is 5.82 Å². The van der Waals surface area contributed by atoms with Crippen molar-refractivity contribution in [1.29, 1.82) is 0 Å². The van der Waals surface area contributed by atoms with Crippen molar-refractivity contribution in [2.75, 3.05) is 38.5 Å². The van der Waals surface area contributed by atoms with Gasteiger partial charge in [0.25, 0.3) is 0 Å². The molecule has 9 heteroatoms. The Balaban J connectivity index is 1.76. The van der Waals surface area contributed by atoms with E-state index in [9.17, 15) is 17.6 Å². The van der Waals surface area contributed by atoms with Crippen LogP contribution in [0.25, 0.3) is 0 Å². The summed E-state index contributed by atoms with van der Waals surface area (Å²) >= 11 is 0. The van der Waals surface area contributed by atoms with Crippen molar-refractivity contribution in [3.05, 3.63) is 29.6 Å². The lowest BCUT2D eigenvalue weighted by Crippen LogP contribution is -2.48. The molecule has 0 aromatic heterocycles. The predicted molar refractivity (Wildman–Crippen MR) is 118 cm³/mol. The Kier molecular flexibility index (Phi) is 7.59. The van der Waals surface area contributed by atoms with Crippen LogP contribution in [0.2, 0.25) is 0 Å². The molecule has 2 heterocycles. The summed E-state index contributed by atoms with van der Waals surface area (Å²) in [5, 5.41) is 2.86. The Morgan fingerprint density at radius 3 is 2.68 bits per heavy atom. The highest BCUT2D eigenvalue weighted by atomic mass is 32.2. The van der Waals surface area contributed by atoms with Crippen molar-refractivity contribution in [2.45, 2.75) is 58.1 Å². The molecule has 174 valence electrons. The molecule has 0 radical (unpaired) electrons. The van der Waals surface area contributed by atoms with Crippen molar-refractivity contribution in [3.63, 3.8) is 0 Å². The average molecular weight is 456 g/mol. The van der Waals surface area contributed by atoms with Gasteiger partial charge in [-0.3, -0.25) is 4.79 Å². The Morgan fingerprint density at radius 2 is 2.00 bits per heavy atom. The quantitative estimate of drug-likeness (QED) is 0.652. The highest BCUT2D eigenvalue weighted by molar-refractivity contribution is 7.89. The fourth-order valence-corrected chi connectivity index (χ4v) is 5.57. The van der Waals surface area contributed by atoms with Crippen LogP contribution < -0.4 is 10.1 Å². The zero-order chi connectivity index (χ0) is 22.6. The summed E-state index contributed by atoms with van der Waals surface area (Å²) in [5.41, 5.74) is -0.195. The molecule has 1 N–H and O–H groups in total. The topological polar surface area (TPSA) is 79.0 Å². The van der Waals surface area contributed by atoms with Gasteiger partial charge in [0, 0.05) is 25.1 Å². The van der Waals surface area contributed by atoms with Crippen LogP contribution in [0.3, 0.4) is 0 Å². The fraction of sp³-hybridized carbons (Fsp3) is 0.682. The van der Waals surface area contributed by atoms with Crippen LogP contribution >= 0.6 is 0 Å². The molecule has 1 amide bonds. The van der Waals surface area contributed by atoms with E-state index in [1.165, 1.54) is 41.8 Å². The predicted octanol–water partition coefficient (Wildman–Crippen LogP) is 2.68. The Bertz CT molecular complexity index is 885. The maximum absolute atomic E-state index is 14.0. The molecule has 3 rings (SSSR count). The number of hydrogen-bond donors (Lipinski definition) is 1. The van der Waals surface area contributed by atoms with Crippen LogP contribution in [-0.4, -0.2) is 67.6 Å². The standard InChI is InChI=1S/C22H34FN3O4S/c1-4-31(28,29)26(16-21(27)24-10-13-25-11-6-5-7-12-25)19-15-22(2,3)30-20-9-8-17(23)14-18(19)20/h8-9,14,19H,4-7,10-13,15-16H2,1-3H3,(H,24,27). The van der Waals surface area contributed by atoms with Crippen LogP contribution in [-0.2, 0) is 14.8 Å². The van der Waals surface area contributed by atoms with E-state index in [0.29, 0.717) is 24.3 Å². The van der Waals surface area contributed by atoms with Crippen LogP contribution in [0.1, 0.15) is 58.1 Å². The first kappa shape index (κ1) is 23.9. The molecule has 0 bridgehead atoms. The second-order valence-electron chi connectivity index (χ2n) is 8.96. The lowest BCUT2D eigenvalue weighted by atomic mass is 9.89. The minimum Gasteiger partial charge on any atom is -0.487 e. The van der Waals surface area contributed by atoms with Crippen molar-refractivity contribution in [3.8, 4) is 5.75 Å². The SMILES string of the molecule is CCS(=O)(=O)N(CC(=O)NCCN1CCCCC1)C1CC(C)(C)Oc2ccc(F)cc21. The maximum atomic E-state index is 14.0. The van der Waals surface area contributed by atoms with Gasteiger partial charge in [-0.2, -0.15) is 4.31 Å². The van der Waals surface area contributed by atoms with Crippen LogP contribution in [0.15, 0.2) is 18.2 Å². The molecular formula is C22H34FN3O4S. The highest BCUT2D eigenvalue weighted by Crippen LogP contribution is 2.43. The Hall–Kier alpha value is -1.71. The first-order valence-corrected chi connectivity index (χ1v) is 12.7. The zero-order valence-corrected chi connectivity index (χ0v) is 19.5. The summed E-state index contributed by atoms with van der Waals surface area (Å²) in [7, 11) is -3.72. The summed E-state index contributed by atoms with van der Waals surface area (Å²) in [6.07, 6.45) is 3.91. The third-order valence-corrected chi connectivity index (χ3v) is 7.80. The normalized spacial score (nSPS) is 21.4. The number of fused-ring (bicyclic) bond motifs is 1. The minimum absolute atomic E-state index is 0.142. The van der Waals surface area contributed by atoms with Gasteiger partial charge in [0.1, 0.15) is 17.2 Å². The maximum Gasteiger partial charge on any atom is 0.235 e. The summed E-state index contributed by atoms with van der Waals surface area (Å²) in [6.45, 7) is 8.27. The first-order valence-electron chi connectivity index (χ1n) is 11.1. The Morgan fingerprint density at radius 1 is 1.29 bits per heavy atom. The molecule has 1 atom stereocenters. The number of nitrogens with zero attached hydrogens (tertiary/aromatic N) is 2. The number of sulfonamides is 1. The van der Waals surface area contributed by atoms with E-state index >= 15 is 0 Å². The number of piperidine rings is 1. The van der Waals surface area contributed by atoms with Gasteiger partial charge in [0.05, 0.1) is 18.3 Å². The van der Waals surface area contributed by atoms with Crippen LogP contribution in [0.5, 0.6) is 5.75 Å². The molecule has 0 aliphatic carbocycles. The number of nitrogens with one attached hydrogen (secondary N) is 1. The smallest absolute Gasteiger partial charge is 0.235 e. The second-order valence-corrected chi connectivity index (χ2v) is 11.2. The van der Waals surface area contributed by atoms with E-state index in [0.717, 1.165) is 19.6 Å². The van der Waals surface area contributed by atoms with Crippen molar-refractivity contribution in [1.82, 2.24) is 14.5 Å². The van der Waals surface area contributed by atoms with E-state index in [4.69, 9.17) is 4.74 Å². The van der Waals surface area contributed by atoms with Gasteiger partial charge >= 0.3 is 0 Å². The van der Waals surface area contributed by atoms with Gasteiger partial charge < -0.3 is 15.0 Å². The highest BCUT2D eigenvalue weighted by Gasteiger charge is 2.41. The molecule has 31 heavy (non-hydrogen) atoms. The molecule has 2 aliphatic rings. The van der Waals surface area contributed by atoms with E-state index in [-0.39, 0.29) is 18.2 Å². The number of carbonyl (C=O) groups excluding carboxylic acids is 1. The van der Waals surface area contributed by atoms with Crippen molar-refractivity contribution >= 4 is 15.9 Å². The van der Waals surface area contributed by atoms with E-state index in [1.54, 1.807) is 6.92 Å². The zero-order valence-electron chi connectivity index (χ0n) is 18.7. The number of carbonyl (C=O) groups is 1. The molecule has 1 aromatic carbocycles. The van der Waals surface area contributed by atoms with Gasteiger partial charge in [-0.05, 0) is 64.9 Å². The lowest BCUT2D eigenvalue weighted by Gasteiger charge is -2.41. The van der Waals surface area contributed by atoms with Gasteiger partial charge in [-0.15, -0.1) is 0 Å². The number of hydrogen-bond acceptors (Lipinski definition) is 5. The third kappa shape index (κ3) is 6.17. The molecule has 2 aliphatic heterocycles. The molecule has 0 spiro atoms. The van der Waals surface area contributed by atoms with Gasteiger partial charge in [-0.25, -0.2) is 12.8 Å². The number of amides is 1. The summed E-state index contributed by atoms with van der Waals surface area (Å²) in [6, 6.07) is 3.45. The average Bonchev–Trinajstić information content (AvgIpc) is 2.72. The minimum atomic E-state index is -3.72. The van der Waals surface area contributed by atoms with Crippen molar-refractivity contribution in [2.24, 2.45) is 0 Å². The van der Waals surface area contributed by atoms with Crippen molar-refractivity contribution < 1.29 is 22.3 Å². The number of benzene rings is 1. The van der Waals surface area contributed by atoms with E-state index < -0.39 is 27.5 Å². The monoisotopic (exact) mass is 455 g/mol. The molecule has 1 saturated heterocycles.